The number of hydrogen-bond acceptors (Lipinski definition) is 3. The number of carbonyl (C=O) groups excluding carboxylic acids is 2. The van der Waals surface area contributed by atoms with Gasteiger partial charge in [0.15, 0.2) is 0 Å². The summed E-state index contributed by atoms with van der Waals surface area (Å²) in [5.74, 6) is -0.598. The fourth-order valence-corrected chi connectivity index (χ4v) is 3.07. The minimum absolute atomic E-state index is 0.0859. The second kappa shape index (κ2) is 7.01. The lowest BCUT2D eigenvalue weighted by Crippen LogP contribution is -2.34. The monoisotopic (exact) mass is 343 g/mol. The third kappa shape index (κ3) is 3.41. The molecular formula is C18H18ClN3O2. The van der Waals surface area contributed by atoms with Gasteiger partial charge in [0.05, 0.1) is 22.7 Å². The summed E-state index contributed by atoms with van der Waals surface area (Å²) in [6, 6.07) is 10.7. The number of nitrogens with one attached hydrogen (secondary N) is 1. The fraction of sp³-hybridized carbons (Fsp3) is 0.278. The Morgan fingerprint density at radius 2 is 2.12 bits per heavy atom. The maximum absolute atomic E-state index is 12.5. The van der Waals surface area contributed by atoms with Crippen LogP contribution in [0.1, 0.15) is 24.9 Å². The third-order valence-corrected chi connectivity index (χ3v) is 4.50. The second-order valence-corrected chi connectivity index (χ2v) is 6.28. The Bertz CT molecular complexity index is 751. The number of pyridine rings is 1. The van der Waals surface area contributed by atoms with Gasteiger partial charge in [0.1, 0.15) is 0 Å². The van der Waals surface area contributed by atoms with E-state index in [9.17, 15) is 9.59 Å². The van der Waals surface area contributed by atoms with E-state index in [2.05, 4.69) is 10.3 Å². The van der Waals surface area contributed by atoms with Gasteiger partial charge in [-0.15, -0.1) is 0 Å². The molecule has 1 fully saturated rings. The van der Waals surface area contributed by atoms with Crippen LogP contribution in [0, 0.1) is 5.92 Å². The molecule has 6 heteroatoms. The van der Waals surface area contributed by atoms with E-state index in [1.807, 2.05) is 31.2 Å². The van der Waals surface area contributed by atoms with E-state index in [0.29, 0.717) is 17.3 Å². The van der Waals surface area contributed by atoms with Gasteiger partial charge in [-0.1, -0.05) is 29.8 Å². The predicted octanol–water partition coefficient (Wildman–Crippen LogP) is 2.97. The van der Waals surface area contributed by atoms with Crippen LogP contribution in [-0.4, -0.2) is 23.3 Å². The molecule has 0 saturated carbocycles. The number of carbonyl (C=O) groups is 2. The molecule has 2 aromatic rings. The molecule has 0 bridgehead atoms. The molecule has 2 heterocycles. The topological polar surface area (TPSA) is 62.3 Å². The van der Waals surface area contributed by atoms with Crippen LogP contribution in [-0.2, 0) is 9.59 Å². The predicted molar refractivity (Wildman–Crippen MR) is 92.7 cm³/mol. The Morgan fingerprint density at radius 3 is 2.83 bits per heavy atom. The summed E-state index contributed by atoms with van der Waals surface area (Å²) in [7, 11) is 0. The van der Waals surface area contributed by atoms with Crippen LogP contribution in [0.5, 0.6) is 0 Å². The number of rotatable bonds is 4. The van der Waals surface area contributed by atoms with Gasteiger partial charge in [-0.2, -0.15) is 0 Å². The highest BCUT2D eigenvalue weighted by Crippen LogP contribution is 2.31. The summed E-state index contributed by atoms with van der Waals surface area (Å²) in [6.07, 6.45) is 3.60. The van der Waals surface area contributed by atoms with Crippen LogP contribution in [0.3, 0.4) is 0 Å². The van der Waals surface area contributed by atoms with Gasteiger partial charge in [0.25, 0.3) is 0 Å². The molecule has 0 radical (unpaired) electrons. The minimum Gasteiger partial charge on any atom is -0.349 e. The molecule has 0 aliphatic carbocycles. The minimum atomic E-state index is -0.382. The van der Waals surface area contributed by atoms with Gasteiger partial charge in [-0.05, 0) is 30.7 Å². The summed E-state index contributed by atoms with van der Waals surface area (Å²) in [5, 5.41) is 3.46. The summed E-state index contributed by atoms with van der Waals surface area (Å²) in [4.78, 5) is 30.4. The van der Waals surface area contributed by atoms with Gasteiger partial charge in [-0.3, -0.25) is 14.6 Å². The average Bonchev–Trinajstić information content (AvgIpc) is 2.98. The van der Waals surface area contributed by atoms with E-state index in [0.717, 1.165) is 5.56 Å². The zero-order valence-corrected chi connectivity index (χ0v) is 14.0. The van der Waals surface area contributed by atoms with Gasteiger partial charge in [0, 0.05) is 25.4 Å². The molecule has 124 valence electrons. The zero-order valence-electron chi connectivity index (χ0n) is 13.3. The lowest BCUT2D eigenvalue weighted by Gasteiger charge is -2.19. The summed E-state index contributed by atoms with van der Waals surface area (Å²) >= 11 is 6.16. The molecule has 1 aliphatic heterocycles. The highest BCUT2D eigenvalue weighted by Gasteiger charge is 2.36. The number of hydrogen-bond donors (Lipinski definition) is 1. The van der Waals surface area contributed by atoms with Crippen LogP contribution in [0.4, 0.5) is 5.69 Å². The molecular weight excluding hydrogens is 326 g/mol. The lowest BCUT2D eigenvalue weighted by molar-refractivity contribution is -0.126. The summed E-state index contributed by atoms with van der Waals surface area (Å²) in [6.45, 7) is 2.24. The Hall–Kier alpha value is -2.40. The van der Waals surface area contributed by atoms with Gasteiger partial charge < -0.3 is 10.2 Å². The van der Waals surface area contributed by atoms with E-state index >= 15 is 0 Å². The Labute approximate surface area is 145 Å². The number of benzene rings is 1. The van der Waals surface area contributed by atoms with Crippen molar-refractivity contribution in [1.82, 2.24) is 10.3 Å². The van der Waals surface area contributed by atoms with Crippen molar-refractivity contribution in [2.45, 2.75) is 19.4 Å². The Kier molecular flexibility index (Phi) is 4.81. The molecule has 5 nitrogen and oxygen atoms in total. The molecule has 3 rings (SSSR count). The van der Waals surface area contributed by atoms with Crippen LogP contribution in [0.15, 0.2) is 48.8 Å². The molecule has 2 unspecified atom stereocenters. The van der Waals surface area contributed by atoms with E-state index in [1.54, 1.807) is 29.4 Å². The molecule has 1 aliphatic rings. The molecule has 0 spiro atoms. The average molecular weight is 344 g/mol. The first-order valence-corrected chi connectivity index (χ1v) is 8.19. The summed E-state index contributed by atoms with van der Waals surface area (Å²) < 4.78 is 0. The van der Waals surface area contributed by atoms with Crippen molar-refractivity contribution < 1.29 is 9.59 Å². The fourth-order valence-electron chi connectivity index (χ4n) is 2.83. The van der Waals surface area contributed by atoms with Gasteiger partial charge in [-0.25, -0.2) is 0 Å². The van der Waals surface area contributed by atoms with E-state index in [1.165, 1.54) is 0 Å². The standard InChI is InChI=1S/C18H18ClN3O2/c1-12(13-5-4-8-20-10-13)21-18(24)14-9-17(23)22(11-14)16-7-3-2-6-15(16)19/h2-8,10,12,14H,9,11H2,1H3,(H,21,24). The maximum atomic E-state index is 12.5. The van der Waals surface area contributed by atoms with E-state index in [-0.39, 0.29) is 30.2 Å². The van der Waals surface area contributed by atoms with Crippen LogP contribution >= 0.6 is 11.6 Å². The largest absolute Gasteiger partial charge is 0.349 e. The molecule has 2 atom stereocenters. The SMILES string of the molecule is CC(NC(=O)C1CC(=O)N(c2ccccc2Cl)C1)c1cccnc1. The number of para-hydroxylation sites is 1. The van der Waals surface area contributed by atoms with Crippen LogP contribution < -0.4 is 10.2 Å². The Balaban J connectivity index is 1.67. The molecule has 1 N–H and O–H groups in total. The van der Waals surface area contributed by atoms with Crippen molar-refractivity contribution in [3.05, 3.63) is 59.4 Å². The number of aromatic nitrogens is 1. The highest BCUT2D eigenvalue weighted by atomic mass is 35.5. The van der Waals surface area contributed by atoms with Crippen LogP contribution in [0.2, 0.25) is 5.02 Å². The first-order valence-electron chi connectivity index (χ1n) is 7.81. The van der Waals surface area contributed by atoms with Crippen molar-refractivity contribution in [3.8, 4) is 0 Å². The third-order valence-electron chi connectivity index (χ3n) is 4.18. The number of halogens is 1. The van der Waals surface area contributed by atoms with Crippen molar-refractivity contribution in [2.75, 3.05) is 11.4 Å². The normalized spacial score (nSPS) is 18.5. The first kappa shape index (κ1) is 16.5. The highest BCUT2D eigenvalue weighted by molar-refractivity contribution is 6.33. The first-order chi connectivity index (χ1) is 11.6. The zero-order chi connectivity index (χ0) is 17.1. The molecule has 1 saturated heterocycles. The molecule has 1 aromatic carbocycles. The second-order valence-electron chi connectivity index (χ2n) is 5.87. The maximum Gasteiger partial charge on any atom is 0.227 e. The van der Waals surface area contributed by atoms with Gasteiger partial charge >= 0.3 is 0 Å². The lowest BCUT2D eigenvalue weighted by atomic mass is 10.1. The number of nitrogens with zero attached hydrogens (tertiary/aromatic N) is 2. The van der Waals surface area contributed by atoms with Crippen molar-refractivity contribution >= 4 is 29.1 Å². The van der Waals surface area contributed by atoms with Crippen molar-refractivity contribution in [2.24, 2.45) is 5.92 Å². The molecule has 1 aromatic heterocycles. The van der Waals surface area contributed by atoms with Gasteiger partial charge in [0.2, 0.25) is 11.8 Å². The summed E-state index contributed by atoms with van der Waals surface area (Å²) in [5.41, 5.74) is 1.58. The quantitative estimate of drug-likeness (QED) is 0.928. The van der Waals surface area contributed by atoms with Crippen LogP contribution in [0.25, 0.3) is 0 Å². The molecule has 24 heavy (non-hydrogen) atoms. The molecule has 2 amide bonds. The van der Waals surface area contributed by atoms with Crippen molar-refractivity contribution in [1.29, 1.82) is 0 Å². The van der Waals surface area contributed by atoms with Crippen molar-refractivity contribution in [3.63, 3.8) is 0 Å². The Morgan fingerprint density at radius 1 is 1.33 bits per heavy atom. The smallest absolute Gasteiger partial charge is 0.227 e. The van der Waals surface area contributed by atoms with E-state index < -0.39 is 0 Å². The van der Waals surface area contributed by atoms with E-state index in [4.69, 9.17) is 11.6 Å². The number of anilines is 1. The number of amides is 2.